The number of esters is 1. The van der Waals surface area contributed by atoms with E-state index >= 15 is 0 Å². The Kier molecular flexibility index (Phi) is 3.11. The molecule has 0 spiro atoms. The molecule has 0 amide bonds. The second kappa shape index (κ2) is 4.66. The Hall–Kier alpha value is -1.32. The number of rotatable bonds is 3. The predicted octanol–water partition coefficient (Wildman–Crippen LogP) is 2.39. The van der Waals surface area contributed by atoms with Crippen LogP contribution in [-0.2, 0) is 14.3 Å². The summed E-state index contributed by atoms with van der Waals surface area (Å²) in [6, 6.07) is 0. The lowest BCUT2D eigenvalue weighted by atomic mass is 9.53. The molecule has 0 aliphatic heterocycles. The number of hydrogen-bond donors (Lipinski definition) is 1. The Morgan fingerprint density at radius 1 is 1.11 bits per heavy atom. The first-order valence-corrected chi connectivity index (χ1v) is 7.11. The highest BCUT2D eigenvalue weighted by Crippen LogP contribution is 2.57. The van der Waals surface area contributed by atoms with Gasteiger partial charge in [-0.2, -0.15) is 0 Å². The molecular formula is C15H20O4. The van der Waals surface area contributed by atoms with Crippen molar-refractivity contribution < 1.29 is 19.4 Å². The predicted molar refractivity (Wildman–Crippen MR) is 68.3 cm³/mol. The van der Waals surface area contributed by atoms with Crippen molar-refractivity contribution in [2.24, 2.45) is 23.7 Å². The van der Waals surface area contributed by atoms with Gasteiger partial charge in [0.1, 0.15) is 0 Å². The van der Waals surface area contributed by atoms with Crippen molar-refractivity contribution in [3.8, 4) is 0 Å². The van der Waals surface area contributed by atoms with E-state index in [1.165, 1.54) is 13.5 Å². The average Bonchev–Trinajstić information content (AvgIpc) is 2.34. The number of allylic oxidation sites excluding steroid dienone is 1. The molecule has 0 atom stereocenters. The van der Waals surface area contributed by atoms with Gasteiger partial charge in [0.05, 0.1) is 13.5 Å². The van der Waals surface area contributed by atoms with Crippen LogP contribution >= 0.6 is 0 Å². The largest absolute Gasteiger partial charge is 0.481 e. The first kappa shape index (κ1) is 12.7. The van der Waals surface area contributed by atoms with Gasteiger partial charge in [0, 0.05) is 5.57 Å². The third-order valence-electron chi connectivity index (χ3n) is 5.13. The van der Waals surface area contributed by atoms with Crippen LogP contribution in [0.3, 0.4) is 0 Å². The van der Waals surface area contributed by atoms with Gasteiger partial charge in [-0.25, -0.2) is 4.79 Å². The van der Waals surface area contributed by atoms with Crippen molar-refractivity contribution in [3.63, 3.8) is 0 Å². The van der Waals surface area contributed by atoms with Crippen LogP contribution in [0.4, 0.5) is 0 Å². The maximum Gasteiger partial charge on any atom is 0.334 e. The molecule has 19 heavy (non-hydrogen) atoms. The fourth-order valence-corrected chi connectivity index (χ4v) is 4.75. The van der Waals surface area contributed by atoms with Crippen LogP contribution in [-0.4, -0.2) is 24.2 Å². The van der Waals surface area contributed by atoms with Gasteiger partial charge in [-0.3, -0.25) is 4.79 Å². The second-order valence-corrected chi connectivity index (χ2v) is 6.30. The van der Waals surface area contributed by atoms with Crippen molar-refractivity contribution in [1.29, 1.82) is 0 Å². The summed E-state index contributed by atoms with van der Waals surface area (Å²) in [7, 11) is 1.33. The molecule has 4 bridgehead atoms. The van der Waals surface area contributed by atoms with E-state index in [-0.39, 0.29) is 6.42 Å². The average molecular weight is 264 g/mol. The maximum atomic E-state index is 11.9. The number of carboxylic acids is 1. The zero-order valence-electron chi connectivity index (χ0n) is 11.2. The fourth-order valence-electron chi connectivity index (χ4n) is 4.75. The number of aliphatic carboxylic acids is 1. The lowest BCUT2D eigenvalue weighted by molar-refractivity contribution is -0.141. The first-order chi connectivity index (χ1) is 9.08. The molecule has 1 N–H and O–H groups in total. The molecule has 0 unspecified atom stereocenters. The second-order valence-electron chi connectivity index (χ2n) is 6.30. The van der Waals surface area contributed by atoms with Gasteiger partial charge in [-0.05, 0) is 55.8 Å². The zero-order valence-corrected chi connectivity index (χ0v) is 11.2. The molecule has 0 heterocycles. The van der Waals surface area contributed by atoms with Gasteiger partial charge in [-0.1, -0.05) is 5.57 Å². The lowest BCUT2D eigenvalue weighted by Gasteiger charge is -2.52. The molecule has 4 nitrogen and oxygen atoms in total. The Balaban J connectivity index is 1.97. The zero-order chi connectivity index (χ0) is 13.6. The highest BCUT2D eigenvalue weighted by Gasteiger charge is 2.47. The quantitative estimate of drug-likeness (QED) is 0.628. The summed E-state index contributed by atoms with van der Waals surface area (Å²) in [5.41, 5.74) is 1.56. The lowest BCUT2D eigenvalue weighted by Crippen LogP contribution is -2.41. The summed E-state index contributed by atoms with van der Waals surface area (Å²) in [5, 5.41) is 9.04. The van der Waals surface area contributed by atoms with E-state index in [1.807, 2.05) is 0 Å². The van der Waals surface area contributed by atoms with Crippen molar-refractivity contribution in [3.05, 3.63) is 11.1 Å². The molecule has 0 radical (unpaired) electrons. The van der Waals surface area contributed by atoms with E-state index < -0.39 is 11.9 Å². The van der Waals surface area contributed by atoms with Crippen LogP contribution in [0.15, 0.2) is 11.1 Å². The van der Waals surface area contributed by atoms with Gasteiger partial charge in [0.15, 0.2) is 0 Å². The van der Waals surface area contributed by atoms with E-state index in [9.17, 15) is 9.59 Å². The molecule has 4 saturated carbocycles. The SMILES string of the molecule is COC(=O)C(CC(=O)O)=C1C2CC3CC(C2)CC1C3. The molecule has 4 fully saturated rings. The number of carboxylic acid groups (broad SMARTS) is 1. The standard InChI is InChI=1S/C15H20O4/c1-19-15(18)12(7-13(16)17)14-10-3-8-2-9(5-10)6-11(14)4-8/h8-11H,2-7H2,1H3,(H,16,17). The van der Waals surface area contributed by atoms with E-state index in [2.05, 4.69) is 0 Å². The third-order valence-corrected chi connectivity index (χ3v) is 5.13. The van der Waals surface area contributed by atoms with Gasteiger partial charge in [0.2, 0.25) is 0 Å². The van der Waals surface area contributed by atoms with Gasteiger partial charge >= 0.3 is 11.9 Å². The molecule has 0 aromatic rings. The minimum absolute atomic E-state index is 0.190. The topological polar surface area (TPSA) is 63.6 Å². The van der Waals surface area contributed by atoms with Crippen molar-refractivity contribution >= 4 is 11.9 Å². The van der Waals surface area contributed by atoms with E-state index in [1.54, 1.807) is 0 Å². The van der Waals surface area contributed by atoms with Crippen molar-refractivity contribution in [1.82, 2.24) is 0 Å². The van der Waals surface area contributed by atoms with Gasteiger partial charge in [-0.15, -0.1) is 0 Å². The monoisotopic (exact) mass is 264 g/mol. The summed E-state index contributed by atoms with van der Waals surface area (Å²) in [5.74, 6) is 1.09. The van der Waals surface area contributed by atoms with E-state index in [0.29, 0.717) is 17.4 Å². The molecule has 0 saturated heterocycles. The normalized spacial score (nSPS) is 35.3. The van der Waals surface area contributed by atoms with Crippen LogP contribution < -0.4 is 0 Å². The molecule has 4 aliphatic carbocycles. The summed E-state index contributed by atoms with van der Waals surface area (Å²) in [4.78, 5) is 23.0. The Labute approximate surface area is 112 Å². The van der Waals surface area contributed by atoms with Gasteiger partial charge < -0.3 is 9.84 Å². The smallest absolute Gasteiger partial charge is 0.334 e. The molecule has 104 valence electrons. The van der Waals surface area contributed by atoms with E-state index in [4.69, 9.17) is 9.84 Å². The maximum absolute atomic E-state index is 11.9. The minimum Gasteiger partial charge on any atom is -0.481 e. The Bertz CT molecular complexity index is 419. The van der Waals surface area contributed by atoms with Crippen LogP contribution in [0.5, 0.6) is 0 Å². The minimum atomic E-state index is -0.943. The Morgan fingerprint density at radius 2 is 1.63 bits per heavy atom. The summed E-state index contributed by atoms with van der Waals surface area (Å²) in [6.07, 6.45) is 5.72. The van der Waals surface area contributed by atoms with Crippen molar-refractivity contribution in [2.45, 2.75) is 38.5 Å². The molecular weight excluding hydrogens is 244 g/mol. The molecule has 4 rings (SSSR count). The van der Waals surface area contributed by atoms with Crippen LogP contribution in [0.25, 0.3) is 0 Å². The number of methoxy groups -OCH3 is 1. The van der Waals surface area contributed by atoms with Crippen LogP contribution in [0.2, 0.25) is 0 Å². The molecule has 4 heteroatoms. The number of hydrogen-bond acceptors (Lipinski definition) is 3. The molecule has 0 aromatic carbocycles. The van der Waals surface area contributed by atoms with Crippen LogP contribution in [0.1, 0.15) is 38.5 Å². The highest BCUT2D eigenvalue weighted by molar-refractivity contribution is 5.94. The van der Waals surface area contributed by atoms with Gasteiger partial charge in [0.25, 0.3) is 0 Å². The summed E-state index contributed by atoms with van der Waals surface area (Å²) in [6.45, 7) is 0. The number of carbonyl (C=O) groups is 2. The first-order valence-electron chi connectivity index (χ1n) is 7.11. The van der Waals surface area contributed by atoms with Crippen LogP contribution in [0, 0.1) is 23.7 Å². The summed E-state index contributed by atoms with van der Waals surface area (Å²) >= 11 is 0. The number of carbonyl (C=O) groups excluding carboxylic acids is 1. The fraction of sp³-hybridized carbons (Fsp3) is 0.733. The van der Waals surface area contributed by atoms with E-state index in [0.717, 1.165) is 43.1 Å². The molecule has 0 aromatic heterocycles. The summed E-state index contributed by atoms with van der Waals surface area (Å²) < 4.78 is 4.81. The number of ether oxygens (including phenoxy) is 1. The van der Waals surface area contributed by atoms with Crippen molar-refractivity contribution in [2.75, 3.05) is 7.11 Å². The third kappa shape index (κ3) is 2.17. The highest BCUT2D eigenvalue weighted by atomic mass is 16.5. The molecule has 4 aliphatic rings. The Morgan fingerprint density at radius 3 is 2.05 bits per heavy atom.